The fourth-order valence-electron chi connectivity index (χ4n) is 0.998. The number of ether oxygens (including phenoxy) is 2. The first kappa shape index (κ1) is 12.4. The van der Waals surface area contributed by atoms with Gasteiger partial charge in [-0.05, 0) is 20.9 Å². The summed E-state index contributed by atoms with van der Waals surface area (Å²) >= 11 is 1.46. The SMILES string of the molecule is CCOCC(C)Oc1nnc(CNC)s1. The summed E-state index contributed by atoms with van der Waals surface area (Å²) in [7, 11) is 1.87. The molecule has 6 heteroatoms. The van der Waals surface area contributed by atoms with E-state index in [1.54, 1.807) is 0 Å². The van der Waals surface area contributed by atoms with Crippen molar-refractivity contribution in [1.29, 1.82) is 0 Å². The summed E-state index contributed by atoms with van der Waals surface area (Å²) in [6.45, 7) is 5.92. The Labute approximate surface area is 93.8 Å². The molecule has 5 nitrogen and oxygen atoms in total. The van der Waals surface area contributed by atoms with Gasteiger partial charge in [-0.1, -0.05) is 16.4 Å². The summed E-state index contributed by atoms with van der Waals surface area (Å²) in [6, 6.07) is 0. The van der Waals surface area contributed by atoms with Gasteiger partial charge in [0.15, 0.2) is 0 Å². The number of aromatic nitrogens is 2. The Hall–Kier alpha value is -0.720. The Bertz CT molecular complexity index is 280. The second-order valence-corrected chi connectivity index (χ2v) is 4.10. The van der Waals surface area contributed by atoms with Crippen molar-refractivity contribution in [3.8, 4) is 5.19 Å². The summed E-state index contributed by atoms with van der Waals surface area (Å²) < 4.78 is 10.8. The third-order valence-corrected chi connectivity index (χ3v) is 2.45. The Morgan fingerprint density at radius 1 is 1.47 bits per heavy atom. The Morgan fingerprint density at radius 3 is 2.93 bits per heavy atom. The van der Waals surface area contributed by atoms with Crippen LogP contribution in [-0.4, -0.2) is 36.6 Å². The minimum Gasteiger partial charge on any atom is -0.463 e. The molecule has 1 atom stereocenters. The zero-order valence-electron chi connectivity index (χ0n) is 9.32. The molecule has 1 unspecified atom stereocenters. The topological polar surface area (TPSA) is 56.3 Å². The van der Waals surface area contributed by atoms with Crippen molar-refractivity contribution in [2.45, 2.75) is 26.5 Å². The van der Waals surface area contributed by atoms with Gasteiger partial charge in [-0.2, -0.15) is 0 Å². The predicted molar refractivity (Wildman–Crippen MR) is 59.3 cm³/mol. The van der Waals surface area contributed by atoms with E-state index in [1.165, 1.54) is 11.3 Å². The maximum Gasteiger partial charge on any atom is 0.294 e. The van der Waals surface area contributed by atoms with Gasteiger partial charge in [-0.15, -0.1) is 5.10 Å². The van der Waals surface area contributed by atoms with Gasteiger partial charge in [-0.25, -0.2) is 0 Å². The lowest BCUT2D eigenvalue weighted by Gasteiger charge is -2.10. The molecule has 1 rings (SSSR count). The van der Waals surface area contributed by atoms with E-state index in [2.05, 4.69) is 15.5 Å². The number of nitrogens with one attached hydrogen (secondary N) is 1. The number of hydrogen-bond donors (Lipinski definition) is 1. The standard InChI is InChI=1S/C9H17N3O2S/c1-4-13-6-7(2)14-9-12-11-8(15-9)5-10-3/h7,10H,4-6H2,1-3H3. The summed E-state index contributed by atoms with van der Waals surface area (Å²) in [5, 5.41) is 12.5. The van der Waals surface area contributed by atoms with E-state index in [1.807, 2.05) is 20.9 Å². The summed E-state index contributed by atoms with van der Waals surface area (Å²) in [5.41, 5.74) is 0. The second kappa shape index (κ2) is 6.71. The fourth-order valence-corrected chi connectivity index (χ4v) is 1.79. The van der Waals surface area contributed by atoms with E-state index < -0.39 is 0 Å². The molecule has 1 heterocycles. The normalized spacial score (nSPS) is 12.7. The van der Waals surface area contributed by atoms with Crippen molar-refractivity contribution >= 4 is 11.3 Å². The molecule has 0 radical (unpaired) electrons. The molecular weight excluding hydrogens is 214 g/mol. The van der Waals surface area contributed by atoms with Gasteiger partial charge in [0, 0.05) is 13.2 Å². The number of rotatable bonds is 7. The lowest BCUT2D eigenvalue weighted by Crippen LogP contribution is -2.18. The van der Waals surface area contributed by atoms with Crippen molar-refractivity contribution in [1.82, 2.24) is 15.5 Å². The quantitative estimate of drug-likeness (QED) is 0.760. The molecule has 0 aliphatic heterocycles. The van der Waals surface area contributed by atoms with Crippen LogP contribution < -0.4 is 10.1 Å². The molecule has 0 aliphatic rings. The molecule has 1 aromatic heterocycles. The molecule has 86 valence electrons. The molecule has 0 amide bonds. The van der Waals surface area contributed by atoms with Gasteiger partial charge >= 0.3 is 0 Å². The maximum atomic E-state index is 5.54. The van der Waals surface area contributed by atoms with Crippen LogP contribution in [0.25, 0.3) is 0 Å². The monoisotopic (exact) mass is 231 g/mol. The first-order valence-corrected chi connectivity index (χ1v) is 5.79. The highest BCUT2D eigenvalue weighted by molar-refractivity contribution is 7.13. The van der Waals surface area contributed by atoms with Crippen LogP contribution in [0.3, 0.4) is 0 Å². The lowest BCUT2D eigenvalue weighted by molar-refractivity contribution is 0.0652. The zero-order chi connectivity index (χ0) is 11.1. The van der Waals surface area contributed by atoms with Crippen LogP contribution in [-0.2, 0) is 11.3 Å². The van der Waals surface area contributed by atoms with Gasteiger partial charge in [0.05, 0.1) is 6.61 Å². The van der Waals surface area contributed by atoms with Crippen LogP contribution >= 0.6 is 11.3 Å². The highest BCUT2D eigenvalue weighted by atomic mass is 32.1. The van der Waals surface area contributed by atoms with Gasteiger partial charge in [0.2, 0.25) is 0 Å². The van der Waals surface area contributed by atoms with Gasteiger partial charge < -0.3 is 14.8 Å². The molecular formula is C9H17N3O2S. The van der Waals surface area contributed by atoms with Crippen LogP contribution in [0.2, 0.25) is 0 Å². The van der Waals surface area contributed by atoms with Crippen LogP contribution in [0, 0.1) is 0 Å². The Balaban J connectivity index is 2.35. The van der Waals surface area contributed by atoms with Gasteiger partial charge in [-0.3, -0.25) is 0 Å². The van der Waals surface area contributed by atoms with Gasteiger partial charge in [0.1, 0.15) is 11.1 Å². The predicted octanol–water partition coefficient (Wildman–Crippen LogP) is 1.06. The molecule has 15 heavy (non-hydrogen) atoms. The minimum atomic E-state index is 0.0142. The molecule has 1 N–H and O–H groups in total. The molecule has 0 bridgehead atoms. The largest absolute Gasteiger partial charge is 0.463 e. The first-order valence-electron chi connectivity index (χ1n) is 4.97. The average molecular weight is 231 g/mol. The molecule has 0 aliphatic carbocycles. The van der Waals surface area contributed by atoms with Crippen LogP contribution in [0.4, 0.5) is 0 Å². The van der Waals surface area contributed by atoms with Crippen molar-refractivity contribution in [3.63, 3.8) is 0 Å². The molecule has 0 spiro atoms. The third kappa shape index (κ3) is 4.55. The van der Waals surface area contributed by atoms with E-state index >= 15 is 0 Å². The van der Waals surface area contributed by atoms with E-state index in [0.717, 1.165) is 11.6 Å². The molecule has 0 saturated carbocycles. The maximum absolute atomic E-state index is 5.54. The van der Waals surface area contributed by atoms with Crippen molar-refractivity contribution in [2.75, 3.05) is 20.3 Å². The number of hydrogen-bond acceptors (Lipinski definition) is 6. The number of nitrogens with zero attached hydrogens (tertiary/aromatic N) is 2. The van der Waals surface area contributed by atoms with Gasteiger partial charge in [0.25, 0.3) is 5.19 Å². The van der Waals surface area contributed by atoms with E-state index in [0.29, 0.717) is 18.4 Å². The van der Waals surface area contributed by atoms with Crippen LogP contribution in [0.5, 0.6) is 5.19 Å². The minimum absolute atomic E-state index is 0.0142. The highest BCUT2D eigenvalue weighted by Gasteiger charge is 2.08. The highest BCUT2D eigenvalue weighted by Crippen LogP contribution is 2.18. The summed E-state index contributed by atoms with van der Waals surface area (Å²) in [6.07, 6.45) is 0.0142. The molecule has 0 aromatic carbocycles. The van der Waals surface area contributed by atoms with Crippen LogP contribution in [0.15, 0.2) is 0 Å². The smallest absolute Gasteiger partial charge is 0.294 e. The lowest BCUT2D eigenvalue weighted by atomic mass is 10.4. The van der Waals surface area contributed by atoms with Crippen molar-refractivity contribution < 1.29 is 9.47 Å². The molecule has 1 aromatic rings. The van der Waals surface area contributed by atoms with Crippen molar-refractivity contribution in [3.05, 3.63) is 5.01 Å². The molecule has 0 fully saturated rings. The first-order chi connectivity index (χ1) is 7.26. The zero-order valence-corrected chi connectivity index (χ0v) is 10.1. The van der Waals surface area contributed by atoms with Crippen LogP contribution in [0.1, 0.15) is 18.9 Å². The average Bonchev–Trinajstić information content (AvgIpc) is 2.63. The third-order valence-electron chi connectivity index (χ3n) is 1.63. The fraction of sp³-hybridized carbons (Fsp3) is 0.778. The van der Waals surface area contributed by atoms with E-state index in [-0.39, 0.29) is 6.10 Å². The Kier molecular flexibility index (Phi) is 5.52. The summed E-state index contributed by atoms with van der Waals surface area (Å²) in [4.78, 5) is 0. The summed E-state index contributed by atoms with van der Waals surface area (Å²) in [5.74, 6) is 0. The molecule has 0 saturated heterocycles. The van der Waals surface area contributed by atoms with E-state index in [4.69, 9.17) is 9.47 Å². The van der Waals surface area contributed by atoms with Crippen molar-refractivity contribution in [2.24, 2.45) is 0 Å². The second-order valence-electron chi connectivity index (χ2n) is 3.08. The Morgan fingerprint density at radius 2 is 2.27 bits per heavy atom. The van der Waals surface area contributed by atoms with E-state index in [9.17, 15) is 0 Å².